The molecule has 1 fully saturated rings. The third-order valence-corrected chi connectivity index (χ3v) is 8.78. The fourth-order valence-corrected chi connectivity index (χ4v) is 6.95. The number of anilines is 2. The van der Waals surface area contributed by atoms with Gasteiger partial charge in [0.05, 0.1) is 12.2 Å². The van der Waals surface area contributed by atoms with Gasteiger partial charge in [-0.3, -0.25) is 14.5 Å². The molecule has 2 heterocycles. The Labute approximate surface area is 197 Å². The highest BCUT2D eigenvalue weighted by Gasteiger charge is 2.69. The molecule has 33 heavy (non-hydrogen) atoms. The van der Waals surface area contributed by atoms with Gasteiger partial charge in [0.2, 0.25) is 5.91 Å². The Morgan fingerprint density at radius 1 is 0.939 bits per heavy atom. The summed E-state index contributed by atoms with van der Waals surface area (Å²) in [6.07, 6.45) is 0.797. The molecule has 2 aliphatic heterocycles. The maximum atomic E-state index is 14.1. The third kappa shape index (κ3) is 3.03. The molecule has 6 nitrogen and oxygen atoms in total. The van der Waals surface area contributed by atoms with Gasteiger partial charge in [0.25, 0.3) is 10.8 Å². The van der Waals surface area contributed by atoms with E-state index in [0.29, 0.717) is 22.0 Å². The van der Waals surface area contributed by atoms with Gasteiger partial charge in [-0.15, -0.1) is 0 Å². The van der Waals surface area contributed by atoms with Gasteiger partial charge in [0, 0.05) is 16.3 Å². The number of nitrogens with zero attached hydrogens (tertiary/aromatic N) is 2. The molecule has 0 bridgehead atoms. The van der Waals surface area contributed by atoms with Crippen LogP contribution in [0.25, 0.3) is 0 Å². The monoisotopic (exact) mass is 480 g/mol. The Bertz CT molecular complexity index is 1390. The first-order valence-electron chi connectivity index (χ1n) is 10.6. The van der Waals surface area contributed by atoms with Crippen LogP contribution >= 0.6 is 11.6 Å². The second-order valence-electron chi connectivity index (χ2n) is 8.15. The summed E-state index contributed by atoms with van der Waals surface area (Å²) in [7, 11) is -4.19. The topological polar surface area (TPSA) is 74.8 Å². The smallest absolute Gasteiger partial charge is 0.274 e. The lowest BCUT2D eigenvalue weighted by Crippen LogP contribution is -2.54. The molecule has 3 aromatic rings. The molecule has 0 aromatic heterocycles. The Morgan fingerprint density at radius 2 is 1.61 bits per heavy atom. The summed E-state index contributed by atoms with van der Waals surface area (Å²) in [6.45, 7) is 2.09. The molecule has 3 aromatic carbocycles. The van der Waals surface area contributed by atoms with Gasteiger partial charge < -0.3 is 4.90 Å². The van der Waals surface area contributed by atoms with Crippen LogP contribution in [0.3, 0.4) is 0 Å². The predicted molar refractivity (Wildman–Crippen MR) is 128 cm³/mol. The second kappa shape index (κ2) is 7.71. The summed E-state index contributed by atoms with van der Waals surface area (Å²) >= 11 is 6.34. The lowest BCUT2D eigenvalue weighted by Gasteiger charge is -2.32. The SMILES string of the molecule is CCc1ccc(N2C(=O)CS(=O)(=O)[C@@]23C(=O)N(Cc2ccccc2Cl)c2ccccc23)cc1. The van der Waals surface area contributed by atoms with Gasteiger partial charge in [0.15, 0.2) is 9.84 Å². The average molecular weight is 481 g/mol. The fourth-order valence-electron chi connectivity index (χ4n) is 4.73. The van der Waals surface area contributed by atoms with Crippen molar-refractivity contribution in [2.75, 3.05) is 15.6 Å². The number of hydrogen-bond donors (Lipinski definition) is 0. The summed E-state index contributed by atoms with van der Waals surface area (Å²) < 4.78 is 27.2. The highest BCUT2D eigenvalue weighted by Crippen LogP contribution is 2.52. The molecular formula is C25H21ClN2O4S. The van der Waals surface area contributed by atoms with Crippen molar-refractivity contribution >= 4 is 44.6 Å². The molecule has 0 radical (unpaired) electrons. The first-order valence-corrected chi connectivity index (χ1v) is 12.6. The quantitative estimate of drug-likeness (QED) is 0.564. The number of benzene rings is 3. The fraction of sp³-hybridized carbons (Fsp3) is 0.200. The highest BCUT2D eigenvalue weighted by molar-refractivity contribution is 7.94. The second-order valence-corrected chi connectivity index (χ2v) is 10.7. The van der Waals surface area contributed by atoms with E-state index in [1.807, 2.05) is 19.1 Å². The number of halogens is 1. The minimum atomic E-state index is -4.19. The van der Waals surface area contributed by atoms with Gasteiger partial charge in [-0.05, 0) is 41.8 Å². The van der Waals surface area contributed by atoms with Gasteiger partial charge in [-0.1, -0.05) is 67.1 Å². The van der Waals surface area contributed by atoms with Crippen molar-refractivity contribution in [1.82, 2.24) is 0 Å². The summed E-state index contributed by atoms with van der Waals surface area (Å²) in [5, 5.41) is 0.473. The van der Waals surface area contributed by atoms with E-state index in [4.69, 9.17) is 11.6 Å². The van der Waals surface area contributed by atoms with E-state index in [9.17, 15) is 18.0 Å². The van der Waals surface area contributed by atoms with Crippen LogP contribution in [0.2, 0.25) is 5.02 Å². The largest absolute Gasteiger partial charge is 0.304 e. The zero-order valence-corrected chi connectivity index (χ0v) is 19.4. The molecule has 168 valence electrons. The van der Waals surface area contributed by atoms with E-state index in [1.165, 1.54) is 4.90 Å². The van der Waals surface area contributed by atoms with E-state index >= 15 is 0 Å². The molecule has 1 atom stereocenters. The zero-order chi connectivity index (χ0) is 23.4. The minimum Gasteiger partial charge on any atom is -0.304 e. The Kier molecular flexibility index (Phi) is 5.06. The first-order chi connectivity index (χ1) is 15.8. The molecule has 8 heteroatoms. The number of carbonyl (C=O) groups is 2. The van der Waals surface area contributed by atoms with Crippen LogP contribution in [0, 0.1) is 0 Å². The van der Waals surface area contributed by atoms with Crippen LogP contribution in [-0.4, -0.2) is 26.0 Å². The highest BCUT2D eigenvalue weighted by atomic mass is 35.5. The molecule has 2 amide bonds. The maximum absolute atomic E-state index is 14.1. The number of carbonyl (C=O) groups excluding carboxylic acids is 2. The molecule has 1 spiro atoms. The maximum Gasteiger partial charge on any atom is 0.274 e. The third-order valence-electron chi connectivity index (χ3n) is 6.31. The normalized spacial score (nSPS) is 21.2. The lowest BCUT2D eigenvalue weighted by atomic mass is 10.0. The van der Waals surface area contributed by atoms with E-state index in [-0.39, 0.29) is 12.1 Å². The number of rotatable bonds is 4. The van der Waals surface area contributed by atoms with Crippen LogP contribution in [0.1, 0.15) is 23.6 Å². The number of aryl methyl sites for hydroxylation is 1. The van der Waals surface area contributed by atoms with Gasteiger partial charge in [0.1, 0.15) is 5.75 Å². The predicted octanol–water partition coefficient (Wildman–Crippen LogP) is 4.06. The van der Waals surface area contributed by atoms with Crippen molar-refractivity contribution in [3.63, 3.8) is 0 Å². The number of para-hydroxylation sites is 1. The standard InChI is InChI=1S/C25H21ClN2O4S/c1-2-17-11-13-19(14-12-17)28-23(29)16-33(31,32)25(28)20-8-4-6-10-22(20)27(24(25)30)15-18-7-3-5-9-21(18)26/h3-14H,2,15-16H2,1H3/t25-/m0/s1. The van der Waals surface area contributed by atoms with Crippen molar-refractivity contribution in [1.29, 1.82) is 0 Å². The van der Waals surface area contributed by atoms with Crippen molar-refractivity contribution in [2.45, 2.75) is 24.8 Å². The molecule has 1 saturated heterocycles. The zero-order valence-electron chi connectivity index (χ0n) is 17.9. The number of sulfone groups is 1. The minimum absolute atomic E-state index is 0.0869. The van der Waals surface area contributed by atoms with E-state index in [1.54, 1.807) is 60.7 Å². The Hall–Kier alpha value is -3.16. The van der Waals surface area contributed by atoms with Crippen molar-refractivity contribution in [2.24, 2.45) is 0 Å². The summed E-state index contributed by atoms with van der Waals surface area (Å²) in [5.41, 5.74) is 2.84. The van der Waals surface area contributed by atoms with Crippen LogP contribution in [0.5, 0.6) is 0 Å². The Morgan fingerprint density at radius 3 is 2.30 bits per heavy atom. The van der Waals surface area contributed by atoms with Gasteiger partial charge in [-0.25, -0.2) is 8.42 Å². The molecule has 0 unspecified atom stereocenters. The van der Waals surface area contributed by atoms with E-state index in [2.05, 4.69) is 0 Å². The van der Waals surface area contributed by atoms with E-state index in [0.717, 1.165) is 16.9 Å². The van der Waals surface area contributed by atoms with Crippen LogP contribution in [0.15, 0.2) is 72.8 Å². The first kappa shape index (κ1) is 21.7. The van der Waals surface area contributed by atoms with Crippen molar-refractivity contribution < 1.29 is 18.0 Å². The molecule has 2 aliphatic rings. The molecule has 0 N–H and O–H groups in total. The van der Waals surface area contributed by atoms with Gasteiger partial charge >= 0.3 is 0 Å². The summed E-state index contributed by atoms with van der Waals surface area (Å²) in [4.78, 5) is 27.7. The van der Waals surface area contributed by atoms with Crippen molar-refractivity contribution in [3.8, 4) is 0 Å². The number of fused-ring (bicyclic) bond motifs is 2. The number of hydrogen-bond acceptors (Lipinski definition) is 4. The molecule has 0 aliphatic carbocycles. The Balaban J connectivity index is 1.72. The molecular weight excluding hydrogens is 460 g/mol. The van der Waals surface area contributed by atoms with Crippen LogP contribution < -0.4 is 9.80 Å². The van der Waals surface area contributed by atoms with Crippen LogP contribution in [0.4, 0.5) is 11.4 Å². The average Bonchev–Trinajstić information content (AvgIpc) is 3.18. The molecule has 0 saturated carbocycles. The number of amides is 2. The summed E-state index contributed by atoms with van der Waals surface area (Å²) in [5.74, 6) is -2.03. The molecule has 5 rings (SSSR count). The van der Waals surface area contributed by atoms with E-state index < -0.39 is 32.3 Å². The summed E-state index contributed by atoms with van der Waals surface area (Å²) in [6, 6.07) is 20.9. The van der Waals surface area contributed by atoms with Crippen LogP contribution in [-0.2, 0) is 37.3 Å². The van der Waals surface area contributed by atoms with Crippen molar-refractivity contribution in [3.05, 3.63) is 94.5 Å². The van der Waals surface area contributed by atoms with Gasteiger partial charge in [-0.2, -0.15) is 0 Å². The lowest BCUT2D eigenvalue weighted by molar-refractivity contribution is -0.123.